The molecule has 1 aromatic rings. The lowest BCUT2D eigenvalue weighted by atomic mass is 10.2. The molecule has 3 rings (SSSR count). The first-order valence-electron chi connectivity index (χ1n) is 8.04. The quantitative estimate of drug-likeness (QED) is 0.532. The molecule has 0 saturated carbocycles. The minimum atomic E-state index is -4.35. The molecule has 13 heteroatoms. The number of ether oxygens (including phenoxy) is 3. The fourth-order valence-corrected chi connectivity index (χ4v) is 3.89. The zero-order chi connectivity index (χ0) is 21.2. The van der Waals surface area contributed by atoms with Crippen LogP contribution in [-0.2, 0) is 24.3 Å². The van der Waals surface area contributed by atoms with Gasteiger partial charge in [-0.2, -0.15) is 4.84 Å². The highest BCUT2D eigenvalue weighted by Crippen LogP contribution is 2.29. The summed E-state index contributed by atoms with van der Waals surface area (Å²) >= 11 is 0. The van der Waals surface area contributed by atoms with E-state index < -0.39 is 25.6 Å². The molecule has 0 bridgehead atoms. The average Bonchev–Trinajstić information content (AvgIpc) is 3.08. The number of carbonyl (C=O) groups is 1. The third kappa shape index (κ3) is 3.57. The van der Waals surface area contributed by atoms with Crippen molar-refractivity contribution in [3.63, 3.8) is 0 Å². The summed E-state index contributed by atoms with van der Waals surface area (Å²) in [6, 6.07) is 4.16. The minimum Gasteiger partial charge on any atom is -0.495 e. The van der Waals surface area contributed by atoms with Gasteiger partial charge in [-0.3, -0.25) is 0 Å². The molecule has 0 saturated heterocycles. The summed E-state index contributed by atoms with van der Waals surface area (Å²) < 4.78 is 42.5. The first-order chi connectivity index (χ1) is 13.8. The molecular formula is C16H18N5O7S+. The van der Waals surface area contributed by atoms with Crippen LogP contribution in [0.2, 0.25) is 0 Å². The molecule has 2 heterocycles. The normalized spacial score (nSPS) is 20.2. The number of esters is 1. The van der Waals surface area contributed by atoms with Gasteiger partial charge in [0.05, 0.1) is 33.0 Å². The third-order valence-electron chi connectivity index (χ3n) is 3.95. The van der Waals surface area contributed by atoms with Crippen molar-refractivity contribution in [2.75, 3.05) is 28.4 Å². The van der Waals surface area contributed by atoms with Gasteiger partial charge in [0.15, 0.2) is 6.20 Å². The van der Waals surface area contributed by atoms with E-state index in [4.69, 9.17) is 14.3 Å². The molecule has 1 unspecified atom stereocenters. The van der Waals surface area contributed by atoms with E-state index in [2.05, 4.69) is 24.5 Å². The topological polar surface area (TPSA) is 137 Å². The number of fused-ring (bicyclic) bond motifs is 1. The van der Waals surface area contributed by atoms with E-state index in [-0.39, 0.29) is 29.1 Å². The number of benzene rings is 1. The molecule has 1 N–H and O–H groups in total. The lowest BCUT2D eigenvalue weighted by Gasteiger charge is -2.19. The molecule has 2 aliphatic rings. The molecule has 0 aromatic heterocycles. The lowest BCUT2D eigenvalue weighted by Crippen LogP contribution is -2.41. The van der Waals surface area contributed by atoms with Crippen LogP contribution in [0.25, 0.3) is 0 Å². The van der Waals surface area contributed by atoms with E-state index in [1.165, 1.54) is 51.8 Å². The fourth-order valence-electron chi connectivity index (χ4n) is 2.61. The van der Waals surface area contributed by atoms with Gasteiger partial charge < -0.3 is 14.2 Å². The van der Waals surface area contributed by atoms with Crippen LogP contribution in [0.1, 0.15) is 10.4 Å². The molecular weight excluding hydrogens is 406 g/mol. The van der Waals surface area contributed by atoms with Crippen molar-refractivity contribution in [2.45, 2.75) is 4.90 Å². The second-order valence-electron chi connectivity index (χ2n) is 5.54. The summed E-state index contributed by atoms with van der Waals surface area (Å²) in [5.74, 6) is -0.947. The van der Waals surface area contributed by atoms with Gasteiger partial charge in [0, 0.05) is 9.86 Å². The Morgan fingerprint density at radius 1 is 1.10 bits per heavy atom. The van der Waals surface area contributed by atoms with Gasteiger partial charge in [-0.15, -0.1) is 9.98 Å². The monoisotopic (exact) mass is 424 g/mol. The van der Waals surface area contributed by atoms with Crippen molar-refractivity contribution in [1.29, 1.82) is 0 Å². The maximum Gasteiger partial charge on any atom is 0.402 e. The number of carbonyl (C=O) groups excluding carboxylic acids is 1. The number of quaternary nitrogens is 1. The predicted molar refractivity (Wildman–Crippen MR) is 100 cm³/mol. The van der Waals surface area contributed by atoms with Gasteiger partial charge in [-0.05, 0) is 12.1 Å². The van der Waals surface area contributed by atoms with Gasteiger partial charge in [0.25, 0.3) is 10.0 Å². The van der Waals surface area contributed by atoms with Gasteiger partial charge in [-0.25, -0.2) is 17.9 Å². The fraction of sp³-hybridized carbons (Fsp3) is 0.250. The first-order valence-corrected chi connectivity index (χ1v) is 9.52. The maximum atomic E-state index is 13.1. The summed E-state index contributed by atoms with van der Waals surface area (Å²) in [6.07, 6.45) is 2.97. The van der Waals surface area contributed by atoms with E-state index in [0.717, 1.165) is 7.11 Å². The number of rotatable bonds is 5. The Hall–Kier alpha value is -3.29. The molecule has 1 atom stereocenters. The Kier molecular flexibility index (Phi) is 5.37. The Labute approximate surface area is 166 Å². The third-order valence-corrected chi connectivity index (χ3v) is 5.36. The van der Waals surface area contributed by atoms with E-state index >= 15 is 0 Å². The number of methoxy groups -OCH3 is 3. The van der Waals surface area contributed by atoms with Crippen molar-refractivity contribution in [2.24, 2.45) is 15.1 Å². The number of nitrogens with zero attached hydrogens (tertiary/aromatic N) is 4. The van der Waals surface area contributed by atoms with E-state index in [1.807, 2.05) is 0 Å². The summed E-state index contributed by atoms with van der Waals surface area (Å²) in [7, 11) is 0.839. The van der Waals surface area contributed by atoms with E-state index in [1.54, 1.807) is 0 Å². The number of nitrogens with one attached hydrogen (secondary N) is 1. The predicted octanol–water partition coefficient (Wildman–Crippen LogP) is 0.351. The van der Waals surface area contributed by atoms with Crippen LogP contribution >= 0.6 is 0 Å². The van der Waals surface area contributed by atoms with E-state index in [0.29, 0.717) is 0 Å². The zero-order valence-corrected chi connectivity index (χ0v) is 16.8. The highest BCUT2D eigenvalue weighted by molar-refractivity contribution is 7.90. The highest BCUT2D eigenvalue weighted by Gasteiger charge is 2.45. The van der Waals surface area contributed by atoms with Crippen molar-refractivity contribution in [3.05, 3.63) is 36.0 Å². The summed E-state index contributed by atoms with van der Waals surface area (Å²) in [5.41, 5.74) is -0.210. The van der Waals surface area contributed by atoms with Crippen LogP contribution in [0, 0.1) is 0 Å². The zero-order valence-electron chi connectivity index (χ0n) is 15.9. The second-order valence-corrected chi connectivity index (χ2v) is 7.16. The molecule has 12 nitrogen and oxygen atoms in total. The average molecular weight is 424 g/mol. The van der Waals surface area contributed by atoms with Gasteiger partial charge >= 0.3 is 17.9 Å². The number of guanidine groups is 2. The number of hydroxylamine groups is 2. The first kappa shape index (κ1) is 20.4. The van der Waals surface area contributed by atoms with Gasteiger partial charge in [0.2, 0.25) is 5.90 Å². The Balaban J connectivity index is 2.04. The number of sulfonamides is 1. The lowest BCUT2D eigenvalue weighted by molar-refractivity contribution is -0.995. The molecule has 154 valence electrons. The van der Waals surface area contributed by atoms with Crippen LogP contribution in [-0.4, -0.2) is 65.4 Å². The van der Waals surface area contributed by atoms with Gasteiger partial charge in [-0.1, -0.05) is 6.07 Å². The van der Waals surface area contributed by atoms with Crippen LogP contribution in [0.3, 0.4) is 0 Å². The van der Waals surface area contributed by atoms with Crippen LogP contribution < -0.4 is 9.46 Å². The van der Waals surface area contributed by atoms with Crippen molar-refractivity contribution in [1.82, 2.24) is 4.72 Å². The molecule has 0 fully saturated rings. The van der Waals surface area contributed by atoms with Crippen LogP contribution in [0.15, 0.2) is 50.5 Å². The second kappa shape index (κ2) is 7.62. The Morgan fingerprint density at radius 2 is 1.86 bits per heavy atom. The van der Waals surface area contributed by atoms with Crippen molar-refractivity contribution < 1.29 is 37.0 Å². The SMILES string of the molecule is COC(=O)c1cccc(OC)c1S(=O)(=O)NC1=N[N+]2(OC)C=CC(OC)=NC2=N1. The largest absolute Gasteiger partial charge is 0.495 e. The smallest absolute Gasteiger partial charge is 0.402 e. The highest BCUT2D eigenvalue weighted by atomic mass is 32.2. The standard InChI is InChI=1S/C16H18N5O7S/c1-25-11-7-5-6-10(14(22)27-3)13(11)29(23,24)20-15-18-16-17-12(26-2)8-9-21(16,19-15)28-4/h5-9H,1-4H3,(H,19,20)/q+1. The molecule has 0 spiro atoms. The molecule has 1 aromatic carbocycles. The van der Waals surface area contributed by atoms with Gasteiger partial charge in [0.1, 0.15) is 17.8 Å². The molecule has 0 radical (unpaired) electrons. The number of aliphatic imine (C=N–C) groups is 2. The van der Waals surface area contributed by atoms with Crippen LogP contribution in [0.4, 0.5) is 0 Å². The minimum absolute atomic E-state index is 0.0257. The number of hydrogen-bond acceptors (Lipinski definition) is 10. The molecule has 29 heavy (non-hydrogen) atoms. The van der Waals surface area contributed by atoms with Crippen LogP contribution in [0.5, 0.6) is 5.75 Å². The van der Waals surface area contributed by atoms with E-state index in [9.17, 15) is 13.2 Å². The summed E-state index contributed by atoms with van der Waals surface area (Å²) in [4.78, 5) is 25.1. The number of hydrogen-bond donors (Lipinski definition) is 1. The molecule has 2 aliphatic heterocycles. The molecule has 0 aliphatic carbocycles. The maximum absolute atomic E-state index is 13.1. The van der Waals surface area contributed by atoms with Crippen molar-refractivity contribution in [3.8, 4) is 5.75 Å². The summed E-state index contributed by atoms with van der Waals surface area (Å²) in [6.45, 7) is 0. The molecule has 0 amide bonds. The Bertz CT molecular complexity index is 1080. The summed E-state index contributed by atoms with van der Waals surface area (Å²) in [5, 5.41) is 4.12. The van der Waals surface area contributed by atoms with Crippen molar-refractivity contribution >= 4 is 33.8 Å². The Morgan fingerprint density at radius 3 is 2.48 bits per heavy atom.